The van der Waals surface area contributed by atoms with Crippen LogP contribution in [0.15, 0.2) is 42.1 Å². The molecule has 3 rings (SSSR count). The molecule has 0 saturated carbocycles. The first kappa shape index (κ1) is 15.8. The third kappa shape index (κ3) is 3.15. The standard InChI is InChI=1S/C17H17N3O4/c1-10-8-14(20-19-10)11-6-4-5-7-13(11)18-9-12-15(21)23-17(2,3)24-16(12)22/h4-9,18H,1-3H3,(H,19,20). The van der Waals surface area contributed by atoms with E-state index >= 15 is 0 Å². The van der Waals surface area contributed by atoms with E-state index in [0.717, 1.165) is 17.0 Å². The molecule has 2 N–H and O–H groups in total. The van der Waals surface area contributed by atoms with E-state index in [-0.39, 0.29) is 5.57 Å². The molecule has 0 aliphatic carbocycles. The van der Waals surface area contributed by atoms with Gasteiger partial charge in [-0.15, -0.1) is 0 Å². The molecule has 1 aliphatic rings. The average molecular weight is 327 g/mol. The number of rotatable bonds is 3. The number of benzene rings is 1. The summed E-state index contributed by atoms with van der Waals surface area (Å²) in [6.07, 6.45) is 1.29. The molecule has 2 aromatic rings. The summed E-state index contributed by atoms with van der Waals surface area (Å²) in [6.45, 7) is 4.91. The number of cyclic esters (lactones) is 2. The van der Waals surface area contributed by atoms with Crippen molar-refractivity contribution < 1.29 is 19.1 Å². The Morgan fingerprint density at radius 1 is 1.17 bits per heavy atom. The molecule has 1 aliphatic heterocycles. The Bertz CT molecular complexity index is 814. The lowest BCUT2D eigenvalue weighted by atomic mass is 10.1. The number of aromatic amines is 1. The maximum absolute atomic E-state index is 12.0. The molecule has 1 aromatic carbocycles. The quantitative estimate of drug-likeness (QED) is 0.511. The number of anilines is 1. The fraction of sp³-hybridized carbons (Fsp3) is 0.235. The number of nitrogens with one attached hydrogen (secondary N) is 2. The lowest BCUT2D eigenvalue weighted by Gasteiger charge is -2.29. The molecular weight excluding hydrogens is 310 g/mol. The molecule has 24 heavy (non-hydrogen) atoms. The van der Waals surface area contributed by atoms with E-state index in [9.17, 15) is 9.59 Å². The van der Waals surface area contributed by atoms with Gasteiger partial charge in [0, 0.05) is 37.0 Å². The molecule has 0 unspecified atom stereocenters. The van der Waals surface area contributed by atoms with Crippen LogP contribution in [0.25, 0.3) is 11.3 Å². The van der Waals surface area contributed by atoms with Crippen molar-refractivity contribution in [3.63, 3.8) is 0 Å². The zero-order valence-corrected chi connectivity index (χ0v) is 13.5. The number of H-pyrrole nitrogens is 1. The first-order valence-corrected chi connectivity index (χ1v) is 7.40. The van der Waals surface area contributed by atoms with Crippen LogP contribution in [0.4, 0.5) is 5.69 Å². The number of esters is 2. The zero-order chi connectivity index (χ0) is 17.3. The topological polar surface area (TPSA) is 93.3 Å². The first-order chi connectivity index (χ1) is 11.4. The van der Waals surface area contributed by atoms with Gasteiger partial charge in [0.1, 0.15) is 0 Å². The summed E-state index contributed by atoms with van der Waals surface area (Å²) in [4.78, 5) is 23.9. The molecule has 7 heteroatoms. The average Bonchev–Trinajstić information content (AvgIpc) is 2.92. The van der Waals surface area contributed by atoms with Crippen molar-refractivity contribution in [2.75, 3.05) is 5.32 Å². The second kappa shape index (κ2) is 5.84. The number of carbonyl (C=O) groups is 2. The summed E-state index contributed by atoms with van der Waals surface area (Å²) in [5, 5.41) is 10.1. The summed E-state index contributed by atoms with van der Waals surface area (Å²) in [7, 11) is 0. The molecule has 2 heterocycles. The molecule has 1 saturated heterocycles. The van der Waals surface area contributed by atoms with Crippen LogP contribution >= 0.6 is 0 Å². The minimum atomic E-state index is -1.25. The fourth-order valence-electron chi connectivity index (χ4n) is 2.32. The smallest absolute Gasteiger partial charge is 0.350 e. The van der Waals surface area contributed by atoms with E-state index in [1.807, 2.05) is 37.3 Å². The van der Waals surface area contributed by atoms with Gasteiger partial charge in [0.25, 0.3) is 5.79 Å². The Balaban J connectivity index is 1.87. The maximum atomic E-state index is 12.0. The van der Waals surface area contributed by atoms with Crippen LogP contribution in [0.3, 0.4) is 0 Å². The minimum Gasteiger partial charge on any atom is -0.419 e. The highest BCUT2D eigenvalue weighted by Crippen LogP contribution is 2.28. The van der Waals surface area contributed by atoms with Gasteiger partial charge in [-0.25, -0.2) is 9.59 Å². The van der Waals surface area contributed by atoms with Crippen LogP contribution in [-0.4, -0.2) is 27.9 Å². The molecule has 0 spiro atoms. The number of carbonyl (C=O) groups excluding carboxylic acids is 2. The third-order valence-electron chi connectivity index (χ3n) is 3.40. The number of para-hydroxylation sites is 1. The normalized spacial score (nSPS) is 16.4. The minimum absolute atomic E-state index is 0.192. The van der Waals surface area contributed by atoms with Crippen LogP contribution in [0.2, 0.25) is 0 Å². The van der Waals surface area contributed by atoms with Gasteiger partial charge in [0.2, 0.25) is 0 Å². The van der Waals surface area contributed by atoms with Gasteiger partial charge in [-0.3, -0.25) is 5.10 Å². The van der Waals surface area contributed by atoms with Gasteiger partial charge in [-0.1, -0.05) is 18.2 Å². The second-order valence-corrected chi connectivity index (χ2v) is 5.86. The highest BCUT2D eigenvalue weighted by atomic mass is 16.7. The van der Waals surface area contributed by atoms with Crippen molar-refractivity contribution >= 4 is 17.6 Å². The number of ether oxygens (including phenoxy) is 2. The fourth-order valence-corrected chi connectivity index (χ4v) is 2.32. The molecule has 0 bridgehead atoms. The number of aryl methyl sites for hydroxylation is 1. The molecular formula is C17H17N3O4. The van der Waals surface area contributed by atoms with Crippen LogP contribution < -0.4 is 5.32 Å². The monoisotopic (exact) mass is 327 g/mol. The highest BCUT2D eigenvalue weighted by molar-refractivity contribution is 6.15. The lowest BCUT2D eigenvalue weighted by molar-refractivity contribution is -0.222. The van der Waals surface area contributed by atoms with E-state index in [1.165, 1.54) is 20.0 Å². The Morgan fingerprint density at radius 2 is 1.83 bits per heavy atom. The molecule has 7 nitrogen and oxygen atoms in total. The zero-order valence-electron chi connectivity index (χ0n) is 13.5. The Labute approximate surface area is 138 Å². The molecule has 1 aromatic heterocycles. The largest absolute Gasteiger partial charge is 0.419 e. The van der Waals surface area contributed by atoms with Crippen molar-refractivity contribution in [1.29, 1.82) is 0 Å². The molecule has 0 amide bonds. The Hall–Kier alpha value is -3.09. The van der Waals surface area contributed by atoms with Crippen molar-refractivity contribution in [2.45, 2.75) is 26.6 Å². The number of nitrogens with zero attached hydrogens (tertiary/aromatic N) is 1. The van der Waals surface area contributed by atoms with Crippen LogP contribution in [0.5, 0.6) is 0 Å². The van der Waals surface area contributed by atoms with E-state index in [1.54, 1.807) is 0 Å². The van der Waals surface area contributed by atoms with E-state index < -0.39 is 17.7 Å². The van der Waals surface area contributed by atoms with Crippen LogP contribution in [-0.2, 0) is 19.1 Å². The third-order valence-corrected chi connectivity index (χ3v) is 3.40. The number of hydrogen-bond donors (Lipinski definition) is 2. The van der Waals surface area contributed by atoms with Crippen molar-refractivity contribution in [3.8, 4) is 11.3 Å². The summed E-state index contributed by atoms with van der Waals surface area (Å²) in [6, 6.07) is 9.32. The van der Waals surface area contributed by atoms with E-state index in [0.29, 0.717) is 5.69 Å². The highest BCUT2D eigenvalue weighted by Gasteiger charge is 2.38. The van der Waals surface area contributed by atoms with Gasteiger partial charge in [0.05, 0.1) is 5.69 Å². The maximum Gasteiger partial charge on any atom is 0.350 e. The van der Waals surface area contributed by atoms with Crippen molar-refractivity contribution in [1.82, 2.24) is 10.2 Å². The van der Waals surface area contributed by atoms with Gasteiger partial charge >= 0.3 is 11.9 Å². The number of aromatic nitrogens is 2. The Kier molecular flexibility index (Phi) is 3.84. The van der Waals surface area contributed by atoms with E-state index in [4.69, 9.17) is 9.47 Å². The second-order valence-electron chi connectivity index (χ2n) is 5.86. The molecule has 0 radical (unpaired) electrons. The summed E-state index contributed by atoms with van der Waals surface area (Å²) in [5.74, 6) is -2.70. The summed E-state index contributed by atoms with van der Waals surface area (Å²) in [5.41, 5.74) is 3.02. The first-order valence-electron chi connectivity index (χ1n) is 7.40. The molecule has 1 fully saturated rings. The SMILES string of the molecule is Cc1cc(-c2ccccc2NC=C2C(=O)OC(C)(C)OC2=O)n[nH]1. The van der Waals surface area contributed by atoms with Gasteiger partial charge in [0.15, 0.2) is 5.57 Å². The van der Waals surface area contributed by atoms with Gasteiger partial charge in [-0.05, 0) is 19.1 Å². The number of hydrogen-bond acceptors (Lipinski definition) is 6. The Morgan fingerprint density at radius 3 is 2.46 bits per heavy atom. The summed E-state index contributed by atoms with van der Waals surface area (Å²) < 4.78 is 10.1. The van der Waals surface area contributed by atoms with Crippen molar-refractivity contribution in [3.05, 3.63) is 47.8 Å². The van der Waals surface area contributed by atoms with Crippen LogP contribution in [0, 0.1) is 6.92 Å². The summed E-state index contributed by atoms with van der Waals surface area (Å²) >= 11 is 0. The molecule has 124 valence electrons. The lowest BCUT2D eigenvalue weighted by Crippen LogP contribution is -2.42. The molecule has 0 atom stereocenters. The van der Waals surface area contributed by atoms with Gasteiger partial charge < -0.3 is 14.8 Å². The van der Waals surface area contributed by atoms with Crippen LogP contribution in [0.1, 0.15) is 19.5 Å². The predicted molar refractivity (Wildman–Crippen MR) is 86.7 cm³/mol. The van der Waals surface area contributed by atoms with Crippen molar-refractivity contribution in [2.24, 2.45) is 0 Å². The van der Waals surface area contributed by atoms with E-state index in [2.05, 4.69) is 15.5 Å². The predicted octanol–water partition coefficient (Wildman–Crippen LogP) is 2.52. The van der Waals surface area contributed by atoms with Gasteiger partial charge in [-0.2, -0.15) is 5.10 Å².